The number of carbonyl (C=O) groups excluding carboxylic acids is 1. The fraction of sp³-hybridized carbons (Fsp3) is 0.300. The SMILES string of the molecule is Cc1ccc(O[C@H](C)C(=O)Cl)cc1. The van der Waals surface area contributed by atoms with Crippen molar-refractivity contribution in [3.63, 3.8) is 0 Å². The third-order valence-corrected chi connectivity index (χ3v) is 1.96. The van der Waals surface area contributed by atoms with E-state index in [1.807, 2.05) is 31.2 Å². The molecule has 0 bridgehead atoms. The van der Waals surface area contributed by atoms with Crippen LogP contribution in [0.2, 0.25) is 0 Å². The molecule has 2 nitrogen and oxygen atoms in total. The Morgan fingerprint density at radius 2 is 1.92 bits per heavy atom. The van der Waals surface area contributed by atoms with Crippen molar-refractivity contribution in [2.45, 2.75) is 20.0 Å². The summed E-state index contributed by atoms with van der Waals surface area (Å²) in [4.78, 5) is 10.7. The maximum absolute atomic E-state index is 10.7. The van der Waals surface area contributed by atoms with Crippen molar-refractivity contribution in [3.8, 4) is 5.75 Å². The number of ether oxygens (including phenoxy) is 1. The smallest absolute Gasteiger partial charge is 0.262 e. The molecular formula is C10H11ClO2. The van der Waals surface area contributed by atoms with E-state index in [2.05, 4.69) is 0 Å². The molecule has 0 saturated carbocycles. The molecule has 0 aliphatic carbocycles. The molecule has 0 saturated heterocycles. The molecule has 0 unspecified atom stereocenters. The molecule has 0 aromatic heterocycles. The Hall–Kier alpha value is -1.02. The number of rotatable bonds is 3. The van der Waals surface area contributed by atoms with Crippen molar-refractivity contribution < 1.29 is 9.53 Å². The normalized spacial score (nSPS) is 12.2. The maximum Gasteiger partial charge on any atom is 0.262 e. The van der Waals surface area contributed by atoms with Crippen molar-refractivity contribution in [1.29, 1.82) is 0 Å². The highest BCUT2D eigenvalue weighted by atomic mass is 35.5. The minimum Gasteiger partial charge on any atom is -0.482 e. The Kier molecular flexibility index (Phi) is 3.32. The van der Waals surface area contributed by atoms with Crippen LogP contribution in [0.3, 0.4) is 0 Å². The molecule has 0 amide bonds. The molecule has 0 fully saturated rings. The van der Waals surface area contributed by atoms with Crippen LogP contribution in [0.1, 0.15) is 12.5 Å². The lowest BCUT2D eigenvalue weighted by molar-refractivity contribution is -0.117. The monoisotopic (exact) mass is 198 g/mol. The van der Waals surface area contributed by atoms with Gasteiger partial charge < -0.3 is 4.74 Å². The average molecular weight is 199 g/mol. The van der Waals surface area contributed by atoms with E-state index < -0.39 is 11.3 Å². The van der Waals surface area contributed by atoms with Crippen molar-refractivity contribution in [2.24, 2.45) is 0 Å². The molecule has 13 heavy (non-hydrogen) atoms. The van der Waals surface area contributed by atoms with Gasteiger partial charge in [-0.15, -0.1) is 0 Å². The molecule has 0 spiro atoms. The average Bonchev–Trinajstić information content (AvgIpc) is 2.08. The van der Waals surface area contributed by atoms with E-state index in [1.54, 1.807) is 6.92 Å². The van der Waals surface area contributed by atoms with Gasteiger partial charge in [0.2, 0.25) is 0 Å². The van der Waals surface area contributed by atoms with Gasteiger partial charge >= 0.3 is 0 Å². The van der Waals surface area contributed by atoms with Crippen LogP contribution in [-0.4, -0.2) is 11.3 Å². The van der Waals surface area contributed by atoms with Gasteiger partial charge in [0, 0.05) is 0 Å². The molecule has 0 aliphatic heterocycles. The molecule has 3 heteroatoms. The first-order valence-corrected chi connectivity index (χ1v) is 4.40. The van der Waals surface area contributed by atoms with E-state index in [1.165, 1.54) is 0 Å². The van der Waals surface area contributed by atoms with Crippen LogP contribution in [-0.2, 0) is 4.79 Å². The molecule has 70 valence electrons. The summed E-state index contributed by atoms with van der Waals surface area (Å²) in [6.45, 7) is 3.61. The van der Waals surface area contributed by atoms with Gasteiger partial charge in [-0.25, -0.2) is 0 Å². The van der Waals surface area contributed by atoms with Gasteiger partial charge in [0.25, 0.3) is 5.24 Å². The first kappa shape index (κ1) is 10.1. The fourth-order valence-corrected chi connectivity index (χ4v) is 0.912. The predicted molar refractivity (Wildman–Crippen MR) is 52.1 cm³/mol. The zero-order valence-corrected chi connectivity index (χ0v) is 8.34. The van der Waals surface area contributed by atoms with Crippen LogP contribution in [0.25, 0.3) is 0 Å². The van der Waals surface area contributed by atoms with Gasteiger partial charge in [-0.05, 0) is 37.6 Å². The van der Waals surface area contributed by atoms with Gasteiger partial charge in [-0.2, -0.15) is 0 Å². The first-order valence-electron chi connectivity index (χ1n) is 4.02. The van der Waals surface area contributed by atoms with Crippen LogP contribution in [0, 0.1) is 6.92 Å². The molecular weight excluding hydrogens is 188 g/mol. The molecule has 0 heterocycles. The highest BCUT2D eigenvalue weighted by Crippen LogP contribution is 2.13. The molecule has 1 aromatic carbocycles. The van der Waals surface area contributed by atoms with E-state index >= 15 is 0 Å². The number of carbonyl (C=O) groups is 1. The minimum absolute atomic E-state index is 0.486. The minimum atomic E-state index is -0.593. The highest BCUT2D eigenvalue weighted by Gasteiger charge is 2.10. The molecule has 1 atom stereocenters. The second-order valence-electron chi connectivity index (χ2n) is 2.88. The molecule has 1 rings (SSSR count). The molecule has 0 N–H and O–H groups in total. The lowest BCUT2D eigenvalue weighted by Gasteiger charge is -2.09. The number of aryl methyl sites for hydroxylation is 1. The van der Waals surface area contributed by atoms with E-state index in [4.69, 9.17) is 16.3 Å². The number of benzene rings is 1. The van der Waals surface area contributed by atoms with E-state index in [9.17, 15) is 4.79 Å². The molecule has 1 aromatic rings. The van der Waals surface area contributed by atoms with Gasteiger partial charge in [0.05, 0.1) is 0 Å². The van der Waals surface area contributed by atoms with Gasteiger partial charge in [0.15, 0.2) is 6.10 Å². The predicted octanol–water partition coefficient (Wildman–Crippen LogP) is 2.53. The fourth-order valence-electron chi connectivity index (χ4n) is 0.867. The van der Waals surface area contributed by atoms with Crippen LogP contribution in [0.15, 0.2) is 24.3 Å². The topological polar surface area (TPSA) is 26.3 Å². The zero-order chi connectivity index (χ0) is 9.84. The van der Waals surface area contributed by atoms with Crippen molar-refractivity contribution in [3.05, 3.63) is 29.8 Å². The second-order valence-corrected chi connectivity index (χ2v) is 3.25. The zero-order valence-electron chi connectivity index (χ0n) is 7.58. The summed E-state index contributed by atoms with van der Waals surface area (Å²) in [7, 11) is 0. The standard InChI is InChI=1S/C10H11ClO2/c1-7-3-5-9(6-4-7)13-8(2)10(11)12/h3-6,8H,1-2H3/t8-/m1/s1. The highest BCUT2D eigenvalue weighted by molar-refractivity contribution is 6.64. The van der Waals surface area contributed by atoms with E-state index in [0.29, 0.717) is 5.75 Å². The lowest BCUT2D eigenvalue weighted by Crippen LogP contribution is -2.18. The van der Waals surface area contributed by atoms with E-state index in [-0.39, 0.29) is 0 Å². The second kappa shape index (κ2) is 4.28. The Bertz CT molecular complexity index is 292. The summed E-state index contributed by atoms with van der Waals surface area (Å²) >= 11 is 5.25. The Morgan fingerprint density at radius 3 is 2.38 bits per heavy atom. The first-order chi connectivity index (χ1) is 6.09. The Labute approximate surface area is 82.5 Å². The van der Waals surface area contributed by atoms with Gasteiger partial charge in [0.1, 0.15) is 5.75 Å². The summed E-state index contributed by atoms with van der Waals surface area (Å²) in [5.41, 5.74) is 1.15. The van der Waals surface area contributed by atoms with Crippen LogP contribution in [0.5, 0.6) is 5.75 Å². The van der Waals surface area contributed by atoms with Crippen molar-refractivity contribution >= 4 is 16.8 Å². The van der Waals surface area contributed by atoms with E-state index in [0.717, 1.165) is 5.56 Å². The summed E-state index contributed by atoms with van der Waals surface area (Å²) in [6.07, 6.45) is -0.593. The third-order valence-electron chi connectivity index (χ3n) is 1.65. The number of hydrogen-bond acceptors (Lipinski definition) is 2. The number of halogens is 1. The van der Waals surface area contributed by atoms with Gasteiger partial charge in [-0.1, -0.05) is 17.7 Å². The summed E-state index contributed by atoms with van der Waals surface area (Å²) in [6, 6.07) is 7.46. The summed E-state index contributed by atoms with van der Waals surface area (Å²) < 4.78 is 5.25. The maximum atomic E-state index is 10.7. The van der Waals surface area contributed by atoms with Gasteiger partial charge in [-0.3, -0.25) is 4.79 Å². The Balaban J connectivity index is 2.64. The summed E-state index contributed by atoms with van der Waals surface area (Å²) in [5.74, 6) is 0.659. The quantitative estimate of drug-likeness (QED) is 0.698. The number of hydrogen-bond donors (Lipinski definition) is 0. The largest absolute Gasteiger partial charge is 0.482 e. The van der Waals surface area contributed by atoms with Crippen molar-refractivity contribution in [2.75, 3.05) is 0 Å². The van der Waals surface area contributed by atoms with Crippen LogP contribution in [0.4, 0.5) is 0 Å². The van der Waals surface area contributed by atoms with Crippen LogP contribution < -0.4 is 4.74 Å². The van der Waals surface area contributed by atoms with Crippen molar-refractivity contribution in [1.82, 2.24) is 0 Å². The third kappa shape index (κ3) is 3.07. The molecule has 0 radical (unpaired) electrons. The summed E-state index contributed by atoms with van der Waals surface area (Å²) in [5, 5.41) is -0.486. The lowest BCUT2D eigenvalue weighted by atomic mass is 10.2. The Morgan fingerprint density at radius 1 is 1.38 bits per heavy atom. The van der Waals surface area contributed by atoms with Crippen LogP contribution >= 0.6 is 11.6 Å². The molecule has 0 aliphatic rings.